The Balaban J connectivity index is 2.09. The topological polar surface area (TPSA) is 30.0 Å². The molecule has 2 nitrogen and oxygen atoms in total. The molecule has 3 aromatic rings. The molecule has 0 bridgehead atoms. The predicted molar refractivity (Wildman–Crippen MR) is 69.5 cm³/mol. The van der Waals surface area contributed by atoms with Gasteiger partial charge in [0, 0.05) is 28.1 Å². The Kier molecular flexibility index (Phi) is 2.46. The molecule has 0 unspecified atom stereocenters. The van der Waals surface area contributed by atoms with E-state index in [1.54, 1.807) is 6.20 Å². The van der Waals surface area contributed by atoms with E-state index in [2.05, 4.69) is 4.98 Å². The first-order chi connectivity index (χ1) is 8.34. The fraction of sp³-hybridized carbons (Fsp3) is 0. The van der Waals surface area contributed by atoms with Gasteiger partial charge in [-0.15, -0.1) is 0 Å². The van der Waals surface area contributed by atoms with Gasteiger partial charge in [-0.2, -0.15) is 11.3 Å². The van der Waals surface area contributed by atoms with Crippen LogP contribution in [-0.2, 0) is 0 Å². The van der Waals surface area contributed by atoms with Gasteiger partial charge in [-0.1, -0.05) is 18.2 Å². The Bertz CT molecular complexity index is 674. The highest BCUT2D eigenvalue weighted by molar-refractivity contribution is 7.08. The maximum Gasteiger partial charge on any atom is 0.195 e. The minimum atomic E-state index is 0.0319. The highest BCUT2D eigenvalue weighted by Gasteiger charge is 2.10. The van der Waals surface area contributed by atoms with E-state index < -0.39 is 0 Å². The van der Waals surface area contributed by atoms with Gasteiger partial charge >= 0.3 is 0 Å². The second-order valence-corrected chi connectivity index (χ2v) is 4.54. The quantitative estimate of drug-likeness (QED) is 0.640. The van der Waals surface area contributed by atoms with Crippen LogP contribution in [0.5, 0.6) is 0 Å². The summed E-state index contributed by atoms with van der Waals surface area (Å²) in [6, 6.07) is 11.5. The van der Waals surface area contributed by atoms with Crippen molar-refractivity contribution >= 4 is 28.0 Å². The van der Waals surface area contributed by atoms with Crippen molar-refractivity contribution in [3.05, 3.63) is 64.5 Å². The molecular formula is C14H9NOS. The lowest BCUT2D eigenvalue weighted by Gasteiger charge is -2.00. The summed E-state index contributed by atoms with van der Waals surface area (Å²) in [5.74, 6) is 0.0319. The highest BCUT2D eigenvalue weighted by atomic mass is 32.1. The number of fused-ring (bicyclic) bond motifs is 1. The second-order valence-electron chi connectivity index (χ2n) is 3.76. The van der Waals surface area contributed by atoms with Crippen molar-refractivity contribution in [2.45, 2.75) is 0 Å². The molecule has 0 amide bonds. The molecule has 0 aliphatic rings. The lowest BCUT2D eigenvalue weighted by atomic mass is 10.1. The molecule has 0 saturated carbocycles. The zero-order valence-electron chi connectivity index (χ0n) is 8.96. The molecular weight excluding hydrogens is 230 g/mol. The Hall–Kier alpha value is -2.00. The summed E-state index contributed by atoms with van der Waals surface area (Å²) in [6.07, 6.45) is 1.64. The highest BCUT2D eigenvalue weighted by Crippen LogP contribution is 2.17. The molecule has 0 saturated heterocycles. The Labute approximate surface area is 103 Å². The van der Waals surface area contributed by atoms with Gasteiger partial charge in [-0.25, -0.2) is 0 Å². The number of carbonyl (C=O) groups is 1. The molecule has 2 heterocycles. The van der Waals surface area contributed by atoms with Crippen LogP contribution in [0.2, 0.25) is 0 Å². The summed E-state index contributed by atoms with van der Waals surface area (Å²) in [7, 11) is 0. The van der Waals surface area contributed by atoms with Crippen molar-refractivity contribution in [3.63, 3.8) is 0 Å². The van der Waals surface area contributed by atoms with E-state index in [0.717, 1.165) is 16.5 Å². The average Bonchev–Trinajstić information content (AvgIpc) is 2.91. The molecule has 82 valence electrons. The largest absolute Gasteiger partial charge is 0.289 e. The monoisotopic (exact) mass is 239 g/mol. The third-order valence-electron chi connectivity index (χ3n) is 2.64. The van der Waals surface area contributed by atoms with Crippen LogP contribution >= 0.6 is 11.3 Å². The Morgan fingerprint density at radius 2 is 2.00 bits per heavy atom. The fourth-order valence-corrected chi connectivity index (χ4v) is 2.39. The van der Waals surface area contributed by atoms with Gasteiger partial charge < -0.3 is 0 Å². The van der Waals surface area contributed by atoms with E-state index in [4.69, 9.17) is 0 Å². The Morgan fingerprint density at radius 3 is 2.82 bits per heavy atom. The van der Waals surface area contributed by atoms with Crippen LogP contribution in [0.3, 0.4) is 0 Å². The van der Waals surface area contributed by atoms with Crippen molar-refractivity contribution in [3.8, 4) is 0 Å². The van der Waals surface area contributed by atoms with Crippen molar-refractivity contribution in [2.24, 2.45) is 0 Å². The fourth-order valence-electron chi connectivity index (χ4n) is 1.76. The van der Waals surface area contributed by atoms with Crippen molar-refractivity contribution < 1.29 is 4.79 Å². The summed E-state index contributed by atoms with van der Waals surface area (Å²) >= 11 is 1.52. The van der Waals surface area contributed by atoms with Crippen LogP contribution in [0.25, 0.3) is 10.9 Å². The number of carbonyl (C=O) groups excluding carboxylic acids is 1. The van der Waals surface area contributed by atoms with Gasteiger partial charge in [0.25, 0.3) is 0 Å². The molecule has 0 N–H and O–H groups in total. The van der Waals surface area contributed by atoms with E-state index in [0.29, 0.717) is 5.56 Å². The summed E-state index contributed by atoms with van der Waals surface area (Å²) in [6.45, 7) is 0. The number of thiophene rings is 1. The van der Waals surface area contributed by atoms with E-state index in [9.17, 15) is 4.79 Å². The number of rotatable bonds is 2. The maximum absolute atomic E-state index is 12.1. The molecule has 3 rings (SSSR count). The predicted octanol–water partition coefficient (Wildman–Crippen LogP) is 3.53. The van der Waals surface area contributed by atoms with E-state index in [1.807, 2.05) is 47.2 Å². The van der Waals surface area contributed by atoms with E-state index in [1.165, 1.54) is 11.3 Å². The molecule has 0 atom stereocenters. The van der Waals surface area contributed by atoms with Gasteiger partial charge in [0.2, 0.25) is 0 Å². The van der Waals surface area contributed by atoms with Gasteiger partial charge in [0.05, 0.1) is 5.52 Å². The molecule has 0 aliphatic carbocycles. The van der Waals surface area contributed by atoms with Crippen molar-refractivity contribution in [1.29, 1.82) is 0 Å². The Morgan fingerprint density at radius 1 is 1.12 bits per heavy atom. The smallest absolute Gasteiger partial charge is 0.195 e. The minimum absolute atomic E-state index is 0.0319. The van der Waals surface area contributed by atoms with Crippen molar-refractivity contribution in [2.75, 3.05) is 0 Å². The summed E-state index contributed by atoms with van der Waals surface area (Å²) in [5.41, 5.74) is 2.28. The molecule has 0 radical (unpaired) electrons. The first-order valence-electron chi connectivity index (χ1n) is 5.26. The van der Waals surface area contributed by atoms with E-state index in [-0.39, 0.29) is 5.78 Å². The molecule has 0 aliphatic heterocycles. The molecule has 17 heavy (non-hydrogen) atoms. The van der Waals surface area contributed by atoms with Gasteiger partial charge in [-0.05, 0) is 23.6 Å². The number of pyridine rings is 1. The number of hydrogen-bond donors (Lipinski definition) is 0. The lowest BCUT2D eigenvalue weighted by molar-refractivity contribution is 0.103. The molecule has 1 aromatic carbocycles. The lowest BCUT2D eigenvalue weighted by Crippen LogP contribution is -2.00. The van der Waals surface area contributed by atoms with Gasteiger partial charge in [0.1, 0.15) is 0 Å². The van der Waals surface area contributed by atoms with Crippen LogP contribution in [0.1, 0.15) is 15.9 Å². The summed E-state index contributed by atoms with van der Waals surface area (Å²) in [4.78, 5) is 16.4. The summed E-state index contributed by atoms with van der Waals surface area (Å²) in [5, 5.41) is 4.76. The number of nitrogens with zero attached hydrogens (tertiary/aromatic N) is 1. The van der Waals surface area contributed by atoms with Crippen LogP contribution in [0.4, 0.5) is 0 Å². The number of benzene rings is 1. The SMILES string of the molecule is O=C(c1ccsc1)c1cnc2ccccc2c1. The van der Waals surface area contributed by atoms with Crippen LogP contribution in [0, 0.1) is 0 Å². The third kappa shape index (κ3) is 1.85. The summed E-state index contributed by atoms with van der Waals surface area (Å²) < 4.78 is 0. The number of aromatic nitrogens is 1. The average molecular weight is 239 g/mol. The van der Waals surface area contributed by atoms with Gasteiger partial charge in [0.15, 0.2) is 5.78 Å². The standard InChI is InChI=1S/C14H9NOS/c16-14(11-5-6-17-9-11)12-7-10-3-1-2-4-13(10)15-8-12/h1-9H. The van der Waals surface area contributed by atoms with Crippen LogP contribution in [-0.4, -0.2) is 10.8 Å². The number of para-hydroxylation sites is 1. The molecule has 0 spiro atoms. The minimum Gasteiger partial charge on any atom is -0.289 e. The van der Waals surface area contributed by atoms with E-state index >= 15 is 0 Å². The number of ketones is 1. The maximum atomic E-state index is 12.1. The molecule has 3 heteroatoms. The normalized spacial score (nSPS) is 10.6. The zero-order chi connectivity index (χ0) is 11.7. The second kappa shape index (κ2) is 4.11. The number of hydrogen-bond acceptors (Lipinski definition) is 3. The third-order valence-corrected chi connectivity index (χ3v) is 3.32. The first-order valence-corrected chi connectivity index (χ1v) is 6.20. The van der Waals surface area contributed by atoms with Crippen LogP contribution in [0.15, 0.2) is 53.4 Å². The molecule has 0 fully saturated rings. The first kappa shape index (κ1) is 10.2. The van der Waals surface area contributed by atoms with Crippen LogP contribution < -0.4 is 0 Å². The zero-order valence-corrected chi connectivity index (χ0v) is 9.78. The van der Waals surface area contributed by atoms with Crippen molar-refractivity contribution in [1.82, 2.24) is 4.98 Å². The molecule has 2 aromatic heterocycles. The van der Waals surface area contributed by atoms with Gasteiger partial charge in [-0.3, -0.25) is 9.78 Å².